The molecule has 1 aromatic carbocycles. The monoisotopic (exact) mass is 318 g/mol. The Labute approximate surface area is 137 Å². The van der Waals surface area contributed by atoms with Crippen LogP contribution in [0, 0.1) is 6.92 Å². The van der Waals surface area contributed by atoms with Gasteiger partial charge < -0.3 is 9.88 Å². The highest BCUT2D eigenvalue weighted by Gasteiger charge is 2.07. The number of hydrogen-bond donors (Lipinski definition) is 1. The lowest BCUT2D eigenvalue weighted by Crippen LogP contribution is -2.00. The predicted octanol–water partition coefficient (Wildman–Crippen LogP) is 2.78. The zero-order valence-corrected chi connectivity index (χ0v) is 12.9. The zero-order valence-electron chi connectivity index (χ0n) is 12.9. The highest BCUT2D eigenvalue weighted by molar-refractivity contribution is 5.84. The van der Waals surface area contributed by atoms with Crippen molar-refractivity contribution in [3.63, 3.8) is 0 Å². The first-order chi connectivity index (χ1) is 11.7. The fourth-order valence-electron chi connectivity index (χ4n) is 2.57. The van der Waals surface area contributed by atoms with Crippen LogP contribution in [-0.2, 0) is 0 Å². The quantitative estimate of drug-likeness (QED) is 0.585. The normalized spacial score (nSPS) is 10.9. The molecule has 0 saturated carbocycles. The number of nitrogens with zero attached hydrogens (tertiary/aromatic N) is 5. The topological polar surface area (TPSA) is 77.1 Å². The first-order valence-corrected chi connectivity index (χ1v) is 7.41. The Morgan fingerprint density at radius 1 is 1.21 bits per heavy atom. The number of rotatable bonds is 4. The average molecular weight is 318 g/mol. The summed E-state index contributed by atoms with van der Waals surface area (Å²) in [5.74, 6) is 1.56. The van der Waals surface area contributed by atoms with Crippen LogP contribution in [0.15, 0.2) is 55.1 Å². The number of aldehydes is 1. The van der Waals surface area contributed by atoms with Crippen LogP contribution in [0.1, 0.15) is 16.2 Å². The van der Waals surface area contributed by atoms with Crippen molar-refractivity contribution in [2.45, 2.75) is 6.92 Å². The molecule has 0 aliphatic carbocycles. The van der Waals surface area contributed by atoms with Crippen molar-refractivity contribution in [3.05, 3.63) is 66.5 Å². The Bertz CT molecular complexity index is 1030. The van der Waals surface area contributed by atoms with Gasteiger partial charge in [0.1, 0.15) is 11.6 Å². The highest BCUT2D eigenvalue weighted by Crippen LogP contribution is 2.20. The van der Waals surface area contributed by atoms with Crippen LogP contribution in [0.25, 0.3) is 11.3 Å². The van der Waals surface area contributed by atoms with E-state index in [2.05, 4.69) is 20.4 Å². The number of anilines is 2. The van der Waals surface area contributed by atoms with E-state index in [1.807, 2.05) is 48.0 Å². The van der Waals surface area contributed by atoms with E-state index in [4.69, 9.17) is 0 Å². The summed E-state index contributed by atoms with van der Waals surface area (Å²) < 4.78 is 3.57. The van der Waals surface area contributed by atoms with E-state index in [0.717, 1.165) is 23.5 Å². The summed E-state index contributed by atoms with van der Waals surface area (Å²) in [7, 11) is 0. The number of nitrogens with one attached hydrogen (secondary N) is 1. The molecule has 0 radical (unpaired) electrons. The largest absolute Gasteiger partial charge is 0.340 e. The van der Waals surface area contributed by atoms with Gasteiger partial charge in [0.2, 0.25) is 0 Å². The molecule has 0 fully saturated rings. The Balaban J connectivity index is 1.68. The fraction of sp³-hybridized carbons (Fsp3) is 0.0588. The number of carbonyl (C=O) groups is 1. The third-order valence-electron chi connectivity index (χ3n) is 3.75. The molecule has 0 saturated heterocycles. The molecule has 118 valence electrons. The highest BCUT2D eigenvalue weighted by atomic mass is 16.1. The molecule has 4 aromatic rings. The first kappa shape index (κ1) is 14.1. The van der Waals surface area contributed by atoms with E-state index in [-0.39, 0.29) is 0 Å². The Morgan fingerprint density at radius 3 is 2.92 bits per heavy atom. The maximum Gasteiger partial charge on any atom is 0.167 e. The van der Waals surface area contributed by atoms with E-state index in [0.29, 0.717) is 17.0 Å². The molecule has 0 atom stereocenters. The van der Waals surface area contributed by atoms with Crippen molar-refractivity contribution in [2.24, 2.45) is 0 Å². The Kier molecular flexibility index (Phi) is 3.31. The number of benzene rings is 1. The van der Waals surface area contributed by atoms with Crippen LogP contribution >= 0.6 is 0 Å². The molecule has 0 aliphatic rings. The summed E-state index contributed by atoms with van der Waals surface area (Å²) >= 11 is 0. The van der Waals surface area contributed by atoms with Gasteiger partial charge >= 0.3 is 0 Å². The van der Waals surface area contributed by atoms with Gasteiger partial charge in [-0.05, 0) is 31.2 Å². The smallest absolute Gasteiger partial charge is 0.167 e. The first-order valence-electron chi connectivity index (χ1n) is 7.41. The minimum Gasteiger partial charge on any atom is -0.340 e. The number of fused-ring (bicyclic) bond motifs is 1. The molecule has 3 aromatic heterocycles. The summed E-state index contributed by atoms with van der Waals surface area (Å²) in [6.07, 6.45) is 7.71. The molecule has 0 bridgehead atoms. The molecule has 7 heteroatoms. The van der Waals surface area contributed by atoms with Crippen LogP contribution in [0.4, 0.5) is 11.5 Å². The molecule has 0 unspecified atom stereocenters. The van der Waals surface area contributed by atoms with Gasteiger partial charge in [0.15, 0.2) is 11.9 Å². The summed E-state index contributed by atoms with van der Waals surface area (Å²) in [6.45, 7) is 1.95. The van der Waals surface area contributed by atoms with E-state index < -0.39 is 0 Å². The molecule has 0 spiro atoms. The number of aryl methyl sites for hydroxylation is 1. The summed E-state index contributed by atoms with van der Waals surface area (Å²) in [5.41, 5.74) is 2.89. The zero-order chi connectivity index (χ0) is 16.5. The van der Waals surface area contributed by atoms with Gasteiger partial charge in [0, 0.05) is 30.0 Å². The predicted molar refractivity (Wildman–Crippen MR) is 90.0 cm³/mol. The average Bonchev–Trinajstić information content (AvgIpc) is 3.20. The minimum atomic E-state index is 0.460. The van der Waals surface area contributed by atoms with Crippen LogP contribution < -0.4 is 5.32 Å². The molecule has 7 nitrogen and oxygen atoms in total. The number of hydrogen-bond acceptors (Lipinski definition) is 5. The van der Waals surface area contributed by atoms with Crippen LogP contribution in [0.5, 0.6) is 0 Å². The van der Waals surface area contributed by atoms with E-state index >= 15 is 0 Å². The Morgan fingerprint density at radius 2 is 2.12 bits per heavy atom. The number of imidazole rings is 1. The molecular weight excluding hydrogens is 304 g/mol. The summed E-state index contributed by atoms with van der Waals surface area (Å²) in [5, 5.41) is 7.34. The fourth-order valence-corrected chi connectivity index (χ4v) is 2.57. The molecule has 0 amide bonds. The van der Waals surface area contributed by atoms with Gasteiger partial charge in [-0.2, -0.15) is 5.10 Å². The summed E-state index contributed by atoms with van der Waals surface area (Å²) in [6, 6.07) is 9.75. The third kappa shape index (κ3) is 2.41. The van der Waals surface area contributed by atoms with Gasteiger partial charge in [0.05, 0.1) is 11.8 Å². The molecule has 4 rings (SSSR count). The van der Waals surface area contributed by atoms with Gasteiger partial charge in [-0.3, -0.25) is 4.79 Å². The van der Waals surface area contributed by atoms with Crippen molar-refractivity contribution in [1.29, 1.82) is 0 Å². The second-order valence-corrected chi connectivity index (χ2v) is 5.32. The minimum absolute atomic E-state index is 0.460. The maximum absolute atomic E-state index is 11.0. The number of carbonyl (C=O) groups excluding carboxylic acids is 1. The molecular formula is C17H14N6O. The molecule has 3 heterocycles. The Hall–Kier alpha value is -3.48. The van der Waals surface area contributed by atoms with Gasteiger partial charge in [-0.15, -0.1) is 0 Å². The van der Waals surface area contributed by atoms with Crippen LogP contribution in [0.2, 0.25) is 0 Å². The second kappa shape index (κ2) is 5.62. The lowest BCUT2D eigenvalue weighted by atomic mass is 10.2. The van der Waals surface area contributed by atoms with Crippen molar-refractivity contribution in [3.8, 4) is 5.69 Å². The third-order valence-corrected chi connectivity index (χ3v) is 3.75. The standard InChI is InChI=1S/C17H14N6O/c1-12-18-6-8-22(12)15-4-2-3-14(9-15)20-16-5-7-23-17(21-16)13(11-24)10-19-23/h2-11H,1H3,(H,20,21). The van der Waals surface area contributed by atoms with Gasteiger partial charge in [0.25, 0.3) is 0 Å². The van der Waals surface area contributed by atoms with Crippen LogP contribution in [-0.4, -0.2) is 30.4 Å². The lowest BCUT2D eigenvalue weighted by molar-refractivity contribution is 0.112. The van der Waals surface area contributed by atoms with Gasteiger partial charge in [-0.1, -0.05) is 6.07 Å². The molecule has 24 heavy (non-hydrogen) atoms. The molecule has 1 N–H and O–H groups in total. The number of aromatic nitrogens is 5. The second-order valence-electron chi connectivity index (χ2n) is 5.32. The summed E-state index contributed by atoms with van der Waals surface area (Å²) in [4.78, 5) is 19.7. The van der Waals surface area contributed by atoms with Gasteiger partial charge in [-0.25, -0.2) is 14.5 Å². The van der Waals surface area contributed by atoms with Crippen LogP contribution in [0.3, 0.4) is 0 Å². The van der Waals surface area contributed by atoms with Crippen molar-refractivity contribution in [2.75, 3.05) is 5.32 Å². The SMILES string of the molecule is Cc1nccn1-c1cccc(Nc2ccn3ncc(C=O)c3n2)c1. The van der Waals surface area contributed by atoms with E-state index in [1.54, 1.807) is 16.9 Å². The maximum atomic E-state index is 11.0. The molecule has 0 aliphatic heterocycles. The van der Waals surface area contributed by atoms with E-state index in [1.165, 1.54) is 6.20 Å². The van der Waals surface area contributed by atoms with E-state index in [9.17, 15) is 4.79 Å². The lowest BCUT2D eigenvalue weighted by Gasteiger charge is -2.09. The van der Waals surface area contributed by atoms with Crippen molar-refractivity contribution < 1.29 is 4.79 Å². The van der Waals surface area contributed by atoms with Crippen molar-refractivity contribution in [1.82, 2.24) is 24.1 Å². The van der Waals surface area contributed by atoms with Crippen molar-refractivity contribution >= 4 is 23.4 Å².